The first-order valence-electron chi connectivity index (χ1n) is 9.47. The molecule has 2 amide bonds. The quantitative estimate of drug-likeness (QED) is 0.582. The Bertz CT molecular complexity index is 976. The summed E-state index contributed by atoms with van der Waals surface area (Å²) >= 11 is 0. The van der Waals surface area contributed by atoms with E-state index in [0.717, 1.165) is 23.6 Å². The summed E-state index contributed by atoms with van der Waals surface area (Å²) in [5.41, 5.74) is 2.82. The number of benzene rings is 2. The topological polar surface area (TPSA) is 76.0 Å². The van der Waals surface area contributed by atoms with E-state index in [2.05, 4.69) is 32.3 Å². The molecule has 2 aromatic carbocycles. The van der Waals surface area contributed by atoms with Gasteiger partial charge in [0, 0.05) is 50.6 Å². The van der Waals surface area contributed by atoms with Crippen LogP contribution in [0.4, 0.5) is 5.69 Å². The molecule has 2 N–H and O–H groups in total. The molecule has 0 aliphatic carbocycles. The molecule has 0 unspecified atom stereocenters. The Labute approximate surface area is 170 Å². The number of amides is 2. The number of imidazole rings is 1. The van der Waals surface area contributed by atoms with Gasteiger partial charge in [0.05, 0.1) is 0 Å². The number of carbonyl (C=O) groups excluding carboxylic acids is 2. The van der Waals surface area contributed by atoms with Gasteiger partial charge in [0.1, 0.15) is 5.82 Å². The van der Waals surface area contributed by atoms with Crippen molar-refractivity contribution in [3.63, 3.8) is 0 Å². The van der Waals surface area contributed by atoms with Crippen LogP contribution in [0.2, 0.25) is 0 Å². The Balaban J connectivity index is 1.46. The maximum absolute atomic E-state index is 12.1. The molecular weight excluding hydrogens is 364 g/mol. The van der Waals surface area contributed by atoms with Crippen molar-refractivity contribution >= 4 is 23.6 Å². The zero-order valence-corrected chi connectivity index (χ0v) is 16.3. The summed E-state index contributed by atoms with van der Waals surface area (Å²) in [5.74, 6) is 0.667. The van der Waals surface area contributed by atoms with E-state index in [1.165, 1.54) is 18.6 Å². The van der Waals surface area contributed by atoms with Crippen LogP contribution in [0.1, 0.15) is 23.9 Å². The molecule has 1 aromatic heterocycles. The van der Waals surface area contributed by atoms with Crippen LogP contribution >= 0.6 is 0 Å². The zero-order chi connectivity index (χ0) is 20.5. The summed E-state index contributed by atoms with van der Waals surface area (Å²) in [4.78, 5) is 27.5. The standard InChI is InChI=1S/C23H24N4O2/c1-18(28)26-21-10-7-19(8-11-21)9-12-23(29)25-14-13-22-24-15-16-27(22)17-20-5-3-2-4-6-20/h2-12,15-16H,13-14,17H2,1H3,(H,25,29)(H,26,28)/b12-9+. The van der Waals surface area contributed by atoms with E-state index in [1.807, 2.05) is 36.5 Å². The normalized spacial score (nSPS) is 10.8. The molecular formula is C23H24N4O2. The molecule has 6 heteroatoms. The first-order chi connectivity index (χ1) is 14.1. The van der Waals surface area contributed by atoms with Gasteiger partial charge in [-0.05, 0) is 29.3 Å². The van der Waals surface area contributed by atoms with Crippen LogP contribution in [0.15, 0.2) is 73.1 Å². The fraction of sp³-hybridized carbons (Fsp3) is 0.174. The van der Waals surface area contributed by atoms with Crippen molar-refractivity contribution in [3.8, 4) is 0 Å². The summed E-state index contributed by atoms with van der Waals surface area (Å²) in [6.07, 6.45) is 7.64. The summed E-state index contributed by atoms with van der Waals surface area (Å²) in [6.45, 7) is 2.74. The Kier molecular flexibility index (Phi) is 6.95. The second kappa shape index (κ2) is 10.0. The van der Waals surface area contributed by atoms with Gasteiger partial charge in [0.15, 0.2) is 0 Å². The van der Waals surface area contributed by atoms with Crippen molar-refractivity contribution in [2.75, 3.05) is 11.9 Å². The number of nitrogens with zero attached hydrogens (tertiary/aromatic N) is 2. The zero-order valence-electron chi connectivity index (χ0n) is 16.3. The number of nitrogens with one attached hydrogen (secondary N) is 2. The van der Waals surface area contributed by atoms with Gasteiger partial charge >= 0.3 is 0 Å². The minimum atomic E-state index is -0.155. The molecule has 0 spiro atoms. The lowest BCUT2D eigenvalue weighted by Crippen LogP contribution is -2.24. The lowest BCUT2D eigenvalue weighted by atomic mass is 10.2. The predicted molar refractivity (Wildman–Crippen MR) is 114 cm³/mol. The van der Waals surface area contributed by atoms with Crippen molar-refractivity contribution in [1.29, 1.82) is 0 Å². The molecule has 0 saturated carbocycles. The van der Waals surface area contributed by atoms with Crippen LogP contribution in [-0.4, -0.2) is 27.9 Å². The highest BCUT2D eigenvalue weighted by Crippen LogP contribution is 2.10. The molecule has 0 atom stereocenters. The van der Waals surface area contributed by atoms with E-state index in [1.54, 1.807) is 24.4 Å². The second-order valence-corrected chi connectivity index (χ2v) is 6.63. The minimum Gasteiger partial charge on any atom is -0.352 e. The number of carbonyl (C=O) groups is 2. The third-order valence-corrected chi connectivity index (χ3v) is 4.30. The number of rotatable bonds is 8. The second-order valence-electron chi connectivity index (χ2n) is 6.63. The maximum Gasteiger partial charge on any atom is 0.244 e. The summed E-state index contributed by atoms with van der Waals surface area (Å²) in [6, 6.07) is 17.5. The third kappa shape index (κ3) is 6.46. The minimum absolute atomic E-state index is 0.114. The van der Waals surface area contributed by atoms with Crippen LogP contribution in [0.5, 0.6) is 0 Å². The fourth-order valence-electron chi connectivity index (χ4n) is 2.90. The first kappa shape index (κ1) is 20.1. The molecule has 148 valence electrons. The van der Waals surface area contributed by atoms with Gasteiger partial charge < -0.3 is 15.2 Å². The largest absolute Gasteiger partial charge is 0.352 e. The van der Waals surface area contributed by atoms with Crippen LogP contribution in [0.25, 0.3) is 6.08 Å². The van der Waals surface area contributed by atoms with Gasteiger partial charge in [-0.2, -0.15) is 0 Å². The monoisotopic (exact) mass is 388 g/mol. The third-order valence-electron chi connectivity index (χ3n) is 4.30. The molecule has 29 heavy (non-hydrogen) atoms. The lowest BCUT2D eigenvalue weighted by molar-refractivity contribution is -0.116. The van der Waals surface area contributed by atoms with Gasteiger partial charge in [0.2, 0.25) is 11.8 Å². The highest BCUT2D eigenvalue weighted by atomic mass is 16.2. The number of hydrogen-bond acceptors (Lipinski definition) is 3. The summed E-state index contributed by atoms with van der Waals surface area (Å²) < 4.78 is 2.09. The predicted octanol–water partition coefficient (Wildman–Crippen LogP) is 3.26. The summed E-state index contributed by atoms with van der Waals surface area (Å²) in [5, 5.41) is 5.59. The van der Waals surface area contributed by atoms with Crippen LogP contribution in [0.3, 0.4) is 0 Å². The molecule has 1 heterocycles. The van der Waals surface area contributed by atoms with Crippen molar-refractivity contribution in [1.82, 2.24) is 14.9 Å². The van der Waals surface area contributed by atoms with Crippen LogP contribution in [0, 0.1) is 0 Å². The molecule has 6 nitrogen and oxygen atoms in total. The van der Waals surface area contributed by atoms with E-state index in [4.69, 9.17) is 0 Å². The Hall–Kier alpha value is -3.67. The highest BCUT2D eigenvalue weighted by molar-refractivity contribution is 5.92. The van der Waals surface area contributed by atoms with E-state index in [0.29, 0.717) is 13.0 Å². The average Bonchev–Trinajstić information content (AvgIpc) is 3.15. The van der Waals surface area contributed by atoms with Gasteiger partial charge in [-0.1, -0.05) is 42.5 Å². The molecule has 0 bridgehead atoms. The smallest absolute Gasteiger partial charge is 0.244 e. The Morgan fingerprint density at radius 1 is 1.07 bits per heavy atom. The molecule has 0 radical (unpaired) electrons. The Morgan fingerprint density at radius 3 is 2.55 bits per heavy atom. The highest BCUT2D eigenvalue weighted by Gasteiger charge is 2.04. The molecule has 3 aromatic rings. The van der Waals surface area contributed by atoms with Gasteiger partial charge in [-0.3, -0.25) is 9.59 Å². The van der Waals surface area contributed by atoms with Crippen molar-refractivity contribution < 1.29 is 9.59 Å². The van der Waals surface area contributed by atoms with E-state index in [-0.39, 0.29) is 11.8 Å². The molecule has 3 rings (SSSR count). The lowest BCUT2D eigenvalue weighted by Gasteiger charge is -2.08. The van der Waals surface area contributed by atoms with Crippen molar-refractivity contribution in [3.05, 3.63) is 90.0 Å². The SMILES string of the molecule is CC(=O)Nc1ccc(/C=C/C(=O)NCCc2nccn2Cc2ccccc2)cc1. The van der Waals surface area contributed by atoms with E-state index < -0.39 is 0 Å². The maximum atomic E-state index is 12.1. The van der Waals surface area contributed by atoms with Crippen molar-refractivity contribution in [2.45, 2.75) is 19.9 Å². The average molecular weight is 388 g/mol. The molecule has 0 aliphatic heterocycles. The van der Waals surface area contributed by atoms with Crippen molar-refractivity contribution in [2.24, 2.45) is 0 Å². The first-order valence-corrected chi connectivity index (χ1v) is 9.47. The Morgan fingerprint density at radius 2 is 1.83 bits per heavy atom. The summed E-state index contributed by atoms with van der Waals surface area (Å²) in [7, 11) is 0. The van der Waals surface area contributed by atoms with Gasteiger partial charge in [-0.25, -0.2) is 4.98 Å². The van der Waals surface area contributed by atoms with Crippen LogP contribution < -0.4 is 10.6 Å². The molecule has 0 fully saturated rings. The van der Waals surface area contributed by atoms with E-state index >= 15 is 0 Å². The number of aromatic nitrogens is 2. The van der Waals surface area contributed by atoms with E-state index in [9.17, 15) is 9.59 Å². The van der Waals surface area contributed by atoms with Gasteiger partial charge in [0.25, 0.3) is 0 Å². The fourth-order valence-corrected chi connectivity index (χ4v) is 2.90. The molecule has 0 saturated heterocycles. The molecule has 0 aliphatic rings. The number of anilines is 1. The van der Waals surface area contributed by atoms with Gasteiger partial charge in [-0.15, -0.1) is 0 Å². The number of hydrogen-bond donors (Lipinski definition) is 2. The van der Waals surface area contributed by atoms with Crippen LogP contribution in [-0.2, 0) is 22.6 Å².